The van der Waals surface area contributed by atoms with Gasteiger partial charge in [0, 0.05) is 11.8 Å². The molecule has 2 aromatic rings. The fourth-order valence-corrected chi connectivity index (χ4v) is 3.36. The van der Waals surface area contributed by atoms with Crippen molar-refractivity contribution in [2.24, 2.45) is 0 Å². The summed E-state index contributed by atoms with van der Waals surface area (Å²) in [5.41, 5.74) is 1.62. The Morgan fingerprint density at radius 3 is 2.54 bits per heavy atom. The summed E-state index contributed by atoms with van der Waals surface area (Å²) in [6, 6.07) is 13.0. The van der Waals surface area contributed by atoms with Crippen molar-refractivity contribution < 1.29 is 19.3 Å². The molecule has 0 spiro atoms. The summed E-state index contributed by atoms with van der Waals surface area (Å²) in [6.45, 7) is 1.47. The molecule has 0 aliphatic carbocycles. The molecule has 0 unspecified atom stereocenters. The summed E-state index contributed by atoms with van der Waals surface area (Å²) in [6.07, 6.45) is 1.29. The van der Waals surface area contributed by atoms with Crippen LogP contribution in [0.4, 0.5) is 16.2 Å². The predicted molar refractivity (Wildman–Crippen MR) is 106 cm³/mol. The van der Waals surface area contributed by atoms with Gasteiger partial charge in [0.2, 0.25) is 5.91 Å². The van der Waals surface area contributed by atoms with Crippen LogP contribution in [-0.4, -0.2) is 33.4 Å². The van der Waals surface area contributed by atoms with E-state index in [1.807, 2.05) is 19.1 Å². The molecule has 9 heteroatoms. The van der Waals surface area contributed by atoms with E-state index >= 15 is 0 Å². The molecule has 2 aromatic carbocycles. The molecule has 1 aliphatic rings. The quantitative estimate of drug-likeness (QED) is 0.469. The SMILES string of the molecule is Cc1ccc(NC(=O)CN2C(=O)S/C(=C/c3ccccc3[N+](=O)[O-])C2=O)cc1. The standard InChI is InChI=1S/C19H15N3O5S/c1-12-6-8-14(9-7-12)20-17(23)11-21-18(24)16(28-19(21)25)10-13-4-2-3-5-15(13)22(26)27/h2-10H,11H2,1H3,(H,20,23)/b16-10+. The number of nitro benzene ring substituents is 1. The number of thioether (sulfide) groups is 1. The lowest BCUT2D eigenvalue weighted by molar-refractivity contribution is -0.385. The summed E-state index contributed by atoms with van der Waals surface area (Å²) in [4.78, 5) is 48.2. The van der Waals surface area contributed by atoms with Gasteiger partial charge in [0.1, 0.15) is 6.54 Å². The molecule has 0 aromatic heterocycles. The number of aryl methyl sites for hydroxylation is 1. The molecule has 1 N–H and O–H groups in total. The van der Waals surface area contributed by atoms with Crippen LogP contribution < -0.4 is 5.32 Å². The Kier molecular flexibility index (Phi) is 5.55. The number of nitrogens with one attached hydrogen (secondary N) is 1. The zero-order valence-corrected chi connectivity index (χ0v) is 15.6. The van der Waals surface area contributed by atoms with Gasteiger partial charge in [-0.1, -0.05) is 29.8 Å². The minimum atomic E-state index is -0.660. The van der Waals surface area contributed by atoms with Gasteiger partial charge >= 0.3 is 0 Å². The minimum absolute atomic E-state index is 0.0300. The maximum atomic E-state index is 12.5. The number of carbonyl (C=O) groups is 3. The Morgan fingerprint density at radius 2 is 1.86 bits per heavy atom. The van der Waals surface area contributed by atoms with Crippen LogP contribution in [0.1, 0.15) is 11.1 Å². The summed E-state index contributed by atoms with van der Waals surface area (Å²) >= 11 is 0.643. The van der Waals surface area contributed by atoms with Crippen LogP contribution in [0, 0.1) is 17.0 Å². The van der Waals surface area contributed by atoms with Crippen molar-refractivity contribution in [3.8, 4) is 0 Å². The highest BCUT2D eigenvalue weighted by molar-refractivity contribution is 8.18. The first-order valence-corrected chi connectivity index (χ1v) is 9.02. The Balaban J connectivity index is 1.74. The van der Waals surface area contributed by atoms with E-state index in [1.165, 1.54) is 24.3 Å². The van der Waals surface area contributed by atoms with E-state index in [9.17, 15) is 24.5 Å². The molecular weight excluding hydrogens is 382 g/mol. The summed E-state index contributed by atoms with van der Waals surface area (Å²) < 4.78 is 0. The fourth-order valence-electron chi connectivity index (χ4n) is 2.53. The number of imide groups is 1. The van der Waals surface area contributed by atoms with E-state index < -0.39 is 28.5 Å². The first-order chi connectivity index (χ1) is 13.3. The summed E-state index contributed by atoms with van der Waals surface area (Å²) in [5.74, 6) is -1.18. The van der Waals surface area contributed by atoms with E-state index in [0.29, 0.717) is 17.4 Å². The number of benzene rings is 2. The zero-order valence-electron chi connectivity index (χ0n) is 14.7. The normalized spacial score (nSPS) is 15.2. The molecule has 3 amide bonds. The van der Waals surface area contributed by atoms with E-state index in [-0.39, 0.29) is 16.2 Å². The van der Waals surface area contributed by atoms with E-state index in [4.69, 9.17) is 0 Å². The first kappa shape index (κ1) is 19.3. The zero-order chi connectivity index (χ0) is 20.3. The average Bonchev–Trinajstić information content (AvgIpc) is 2.91. The van der Waals surface area contributed by atoms with Gasteiger partial charge in [-0.3, -0.25) is 29.4 Å². The number of hydrogen-bond donors (Lipinski definition) is 1. The third-order valence-corrected chi connectivity index (χ3v) is 4.84. The van der Waals surface area contributed by atoms with Crippen LogP contribution in [0.5, 0.6) is 0 Å². The third kappa shape index (κ3) is 4.26. The van der Waals surface area contributed by atoms with Gasteiger partial charge in [-0.15, -0.1) is 0 Å². The van der Waals surface area contributed by atoms with Gasteiger partial charge in [-0.2, -0.15) is 0 Å². The van der Waals surface area contributed by atoms with Crippen molar-refractivity contribution in [3.05, 3.63) is 74.7 Å². The van der Waals surface area contributed by atoms with Crippen LogP contribution in [0.25, 0.3) is 6.08 Å². The molecule has 1 heterocycles. The Labute approximate surface area is 164 Å². The lowest BCUT2D eigenvalue weighted by atomic mass is 10.1. The molecule has 0 saturated carbocycles. The number of nitrogens with zero attached hydrogens (tertiary/aromatic N) is 2. The first-order valence-electron chi connectivity index (χ1n) is 8.20. The molecule has 1 saturated heterocycles. The maximum Gasteiger partial charge on any atom is 0.294 e. The van der Waals surface area contributed by atoms with Crippen LogP contribution in [-0.2, 0) is 9.59 Å². The van der Waals surface area contributed by atoms with Crippen molar-refractivity contribution >= 4 is 46.3 Å². The second-order valence-corrected chi connectivity index (χ2v) is 6.99. The van der Waals surface area contributed by atoms with Crippen molar-refractivity contribution in [3.63, 3.8) is 0 Å². The number of para-hydroxylation sites is 1. The monoisotopic (exact) mass is 397 g/mol. The van der Waals surface area contributed by atoms with Crippen molar-refractivity contribution in [1.82, 2.24) is 4.90 Å². The van der Waals surface area contributed by atoms with Crippen molar-refractivity contribution in [2.45, 2.75) is 6.92 Å². The molecule has 0 radical (unpaired) electrons. The lowest BCUT2D eigenvalue weighted by Gasteiger charge is -2.12. The number of rotatable bonds is 5. The molecule has 3 rings (SSSR count). The second-order valence-electron chi connectivity index (χ2n) is 6.00. The topological polar surface area (TPSA) is 110 Å². The average molecular weight is 397 g/mol. The second kappa shape index (κ2) is 8.05. The largest absolute Gasteiger partial charge is 0.325 e. The van der Waals surface area contributed by atoms with Gasteiger partial charge in [-0.05, 0) is 43.0 Å². The van der Waals surface area contributed by atoms with Crippen molar-refractivity contribution in [1.29, 1.82) is 0 Å². The Bertz CT molecular complexity index is 1000. The Hall–Kier alpha value is -3.46. The van der Waals surface area contributed by atoms with Crippen LogP contribution in [0.2, 0.25) is 0 Å². The summed E-state index contributed by atoms with van der Waals surface area (Å²) in [5, 5.41) is 13.1. The highest BCUT2D eigenvalue weighted by Crippen LogP contribution is 2.33. The molecule has 28 heavy (non-hydrogen) atoms. The molecule has 142 valence electrons. The van der Waals surface area contributed by atoms with Gasteiger partial charge < -0.3 is 5.32 Å². The maximum absolute atomic E-state index is 12.5. The predicted octanol–water partition coefficient (Wildman–Crippen LogP) is 3.58. The number of amides is 3. The minimum Gasteiger partial charge on any atom is -0.325 e. The molecule has 8 nitrogen and oxygen atoms in total. The highest BCUT2D eigenvalue weighted by Gasteiger charge is 2.36. The molecular formula is C19H15N3O5S. The van der Waals surface area contributed by atoms with Crippen LogP contribution in [0.15, 0.2) is 53.4 Å². The number of carbonyl (C=O) groups excluding carboxylic acids is 3. The third-order valence-electron chi connectivity index (χ3n) is 3.93. The molecule has 0 bridgehead atoms. The smallest absolute Gasteiger partial charge is 0.294 e. The van der Waals surface area contributed by atoms with E-state index in [2.05, 4.69) is 5.32 Å². The van der Waals surface area contributed by atoms with Gasteiger partial charge in [0.15, 0.2) is 0 Å². The Morgan fingerprint density at radius 1 is 1.18 bits per heavy atom. The van der Waals surface area contributed by atoms with E-state index in [0.717, 1.165) is 10.5 Å². The number of nitro groups is 1. The molecule has 1 aliphatic heterocycles. The molecule has 1 fully saturated rings. The van der Waals surface area contributed by atoms with Gasteiger partial charge in [0.05, 0.1) is 15.4 Å². The fraction of sp³-hybridized carbons (Fsp3) is 0.105. The van der Waals surface area contributed by atoms with Crippen LogP contribution in [0.3, 0.4) is 0 Å². The van der Waals surface area contributed by atoms with Gasteiger partial charge in [-0.25, -0.2) is 0 Å². The van der Waals surface area contributed by atoms with E-state index in [1.54, 1.807) is 18.2 Å². The summed E-state index contributed by atoms with van der Waals surface area (Å²) in [7, 11) is 0. The van der Waals surface area contributed by atoms with Crippen LogP contribution >= 0.6 is 11.8 Å². The van der Waals surface area contributed by atoms with Gasteiger partial charge in [0.25, 0.3) is 16.8 Å². The number of hydrogen-bond acceptors (Lipinski definition) is 6. The molecule has 0 atom stereocenters. The highest BCUT2D eigenvalue weighted by atomic mass is 32.2. The lowest BCUT2D eigenvalue weighted by Crippen LogP contribution is -2.36. The van der Waals surface area contributed by atoms with Crippen molar-refractivity contribution in [2.75, 3.05) is 11.9 Å². The number of anilines is 1.